The average molecular weight is 372 g/mol. The van der Waals surface area contributed by atoms with Crippen LogP contribution in [0.2, 0.25) is 0 Å². The molecule has 1 fully saturated rings. The van der Waals surface area contributed by atoms with Crippen LogP contribution in [0.25, 0.3) is 0 Å². The third-order valence-corrected chi connectivity index (χ3v) is 5.01. The normalized spacial score (nSPS) is 17.0. The molecular formula is C20H25FN4O2. The van der Waals surface area contributed by atoms with Gasteiger partial charge in [-0.25, -0.2) is 9.37 Å². The highest BCUT2D eigenvalue weighted by Crippen LogP contribution is 2.22. The monoisotopic (exact) mass is 372 g/mol. The number of aromatic amines is 1. The molecular weight excluding hydrogens is 347 g/mol. The molecule has 2 heterocycles. The van der Waals surface area contributed by atoms with E-state index in [2.05, 4.69) is 15.3 Å². The van der Waals surface area contributed by atoms with Gasteiger partial charge in [0, 0.05) is 37.1 Å². The minimum Gasteiger partial charge on any atom is -0.348 e. The Labute approximate surface area is 158 Å². The largest absolute Gasteiger partial charge is 0.348 e. The number of carbonyl (C=O) groups excluding carboxylic acids is 2. The van der Waals surface area contributed by atoms with Crippen molar-refractivity contribution in [3.8, 4) is 0 Å². The maximum absolute atomic E-state index is 13.1. The maximum Gasteiger partial charge on any atom is 0.228 e. The number of halogens is 1. The molecule has 0 unspecified atom stereocenters. The van der Waals surface area contributed by atoms with E-state index in [1.165, 1.54) is 12.1 Å². The Morgan fingerprint density at radius 2 is 2.26 bits per heavy atom. The van der Waals surface area contributed by atoms with E-state index in [1.807, 2.05) is 4.90 Å². The molecule has 1 aliphatic heterocycles. The second-order valence-electron chi connectivity index (χ2n) is 7.15. The molecule has 0 radical (unpaired) electrons. The zero-order valence-electron chi connectivity index (χ0n) is 15.5. The van der Waals surface area contributed by atoms with Crippen LogP contribution in [0.15, 0.2) is 30.7 Å². The van der Waals surface area contributed by atoms with Crippen molar-refractivity contribution in [3.63, 3.8) is 0 Å². The second-order valence-corrected chi connectivity index (χ2v) is 7.15. The Morgan fingerprint density at radius 1 is 1.41 bits per heavy atom. The van der Waals surface area contributed by atoms with Crippen LogP contribution in [-0.2, 0) is 16.0 Å². The van der Waals surface area contributed by atoms with Gasteiger partial charge in [-0.05, 0) is 55.9 Å². The van der Waals surface area contributed by atoms with E-state index >= 15 is 0 Å². The van der Waals surface area contributed by atoms with Crippen LogP contribution in [0.4, 0.5) is 10.1 Å². The smallest absolute Gasteiger partial charge is 0.228 e. The minimum atomic E-state index is -0.312. The molecule has 6 nitrogen and oxygen atoms in total. The third-order valence-electron chi connectivity index (χ3n) is 5.01. The topological polar surface area (TPSA) is 78.1 Å². The lowest BCUT2D eigenvalue weighted by Crippen LogP contribution is -2.41. The predicted molar refractivity (Wildman–Crippen MR) is 101 cm³/mol. The molecule has 0 spiro atoms. The lowest BCUT2D eigenvalue weighted by atomic mass is 9.93. The first-order valence-corrected chi connectivity index (χ1v) is 9.32. The molecule has 2 N–H and O–H groups in total. The fourth-order valence-electron chi connectivity index (χ4n) is 3.50. The summed E-state index contributed by atoms with van der Waals surface area (Å²) in [7, 11) is 0. The van der Waals surface area contributed by atoms with Crippen LogP contribution in [0, 0.1) is 18.7 Å². The van der Waals surface area contributed by atoms with Gasteiger partial charge in [0.25, 0.3) is 0 Å². The maximum atomic E-state index is 13.1. The molecule has 0 aliphatic carbocycles. The summed E-state index contributed by atoms with van der Waals surface area (Å²) in [6.45, 7) is 3.23. The highest BCUT2D eigenvalue weighted by molar-refractivity contribution is 5.91. The average Bonchev–Trinajstić information content (AvgIpc) is 3.15. The number of aromatic nitrogens is 2. The number of imidazole rings is 1. The van der Waals surface area contributed by atoms with Gasteiger partial charge < -0.3 is 15.2 Å². The zero-order chi connectivity index (χ0) is 19.2. The SMILES string of the molecule is Cc1cc(F)ccc1NC(=O)CC[C@H]1CCCN(C(=O)Cc2cnc[nH]2)C1. The number of amides is 2. The molecule has 1 atom stereocenters. The molecule has 1 aromatic carbocycles. The molecule has 2 aromatic rings. The molecule has 27 heavy (non-hydrogen) atoms. The number of nitrogens with zero attached hydrogens (tertiary/aromatic N) is 2. The van der Waals surface area contributed by atoms with E-state index in [1.54, 1.807) is 25.5 Å². The first-order valence-electron chi connectivity index (χ1n) is 9.32. The number of H-pyrrole nitrogens is 1. The summed E-state index contributed by atoms with van der Waals surface area (Å²) in [5, 5.41) is 2.84. The highest BCUT2D eigenvalue weighted by Gasteiger charge is 2.24. The number of hydrogen-bond acceptors (Lipinski definition) is 3. The van der Waals surface area contributed by atoms with Crippen LogP contribution in [0.5, 0.6) is 0 Å². The standard InChI is InChI=1S/C20H25FN4O2/c1-14-9-16(21)5-6-18(14)24-19(26)7-4-15-3-2-8-25(12-15)20(27)10-17-11-22-13-23-17/h5-6,9,11,13,15H,2-4,7-8,10,12H2,1H3,(H,22,23)(H,24,26)/t15-/m1/s1. The van der Waals surface area contributed by atoms with Crippen LogP contribution in [-0.4, -0.2) is 39.8 Å². The summed E-state index contributed by atoms with van der Waals surface area (Å²) in [5.74, 6) is 0.0260. The number of aryl methyl sites for hydroxylation is 1. The fraction of sp³-hybridized carbons (Fsp3) is 0.450. The summed E-state index contributed by atoms with van der Waals surface area (Å²) in [4.78, 5) is 33.4. The van der Waals surface area contributed by atoms with Gasteiger partial charge in [0.15, 0.2) is 0 Å². The Balaban J connectivity index is 1.46. The molecule has 144 valence electrons. The number of likely N-dealkylation sites (tertiary alicyclic amines) is 1. The first-order chi connectivity index (χ1) is 13.0. The van der Waals surface area contributed by atoms with Crippen LogP contribution < -0.4 is 5.32 Å². The second kappa shape index (κ2) is 8.79. The molecule has 1 aliphatic rings. The number of nitrogens with one attached hydrogen (secondary N) is 2. The van der Waals surface area contributed by atoms with Crippen molar-refractivity contribution >= 4 is 17.5 Å². The van der Waals surface area contributed by atoms with Crippen molar-refractivity contribution in [3.05, 3.63) is 47.8 Å². The molecule has 2 amide bonds. The molecule has 1 saturated heterocycles. The van der Waals surface area contributed by atoms with Gasteiger partial charge in [-0.3, -0.25) is 9.59 Å². The highest BCUT2D eigenvalue weighted by atomic mass is 19.1. The van der Waals surface area contributed by atoms with E-state index in [0.717, 1.165) is 31.5 Å². The van der Waals surface area contributed by atoms with Gasteiger partial charge in [0.2, 0.25) is 11.8 Å². The van der Waals surface area contributed by atoms with E-state index in [0.29, 0.717) is 36.6 Å². The van der Waals surface area contributed by atoms with Gasteiger partial charge in [-0.15, -0.1) is 0 Å². The van der Waals surface area contributed by atoms with Crippen LogP contribution in [0.3, 0.4) is 0 Å². The van der Waals surface area contributed by atoms with Crippen molar-refractivity contribution in [2.45, 2.75) is 39.0 Å². The lowest BCUT2D eigenvalue weighted by molar-refractivity contribution is -0.132. The van der Waals surface area contributed by atoms with Crippen LogP contribution in [0.1, 0.15) is 36.9 Å². The molecule has 1 aromatic heterocycles. The van der Waals surface area contributed by atoms with Crippen molar-refractivity contribution in [2.24, 2.45) is 5.92 Å². The Morgan fingerprint density at radius 3 is 3.00 bits per heavy atom. The summed E-state index contributed by atoms with van der Waals surface area (Å²) in [6.07, 6.45) is 6.68. The van der Waals surface area contributed by atoms with Crippen molar-refractivity contribution in [2.75, 3.05) is 18.4 Å². The van der Waals surface area contributed by atoms with Gasteiger partial charge in [-0.2, -0.15) is 0 Å². The van der Waals surface area contributed by atoms with Gasteiger partial charge in [-0.1, -0.05) is 0 Å². The van der Waals surface area contributed by atoms with E-state index in [4.69, 9.17) is 0 Å². The predicted octanol–water partition coefficient (Wildman–Crippen LogP) is 3.06. The van der Waals surface area contributed by atoms with Gasteiger partial charge in [0.05, 0.1) is 12.7 Å². The lowest BCUT2D eigenvalue weighted by Gasteiger charge is -2.32. The van der Waals surface area contributed by atoms with Gasteiger partial charge in [0.1, 0.15) is 5.82 Å². The minimum absolute atomic E-state index is 0.0781. The summed E-state index contributed by atoms with van der Waals surface area (Å²) in [6, 6.07) is 4.33. The van der Waals surface area contributed by atoms with E-state index in [9.17, 15) is 14.0 Å². The molecule has 3 rings (SSSR count). The van der Waals surface area contributed by atoms with Crippen molar-refractivity contribution in [1.29, 1.82) is 0 Å². The van der Waals surface area contributed by atoms with Crippen molar-refractivity contribution < 1.29 is 14.0 Å². The molecule has 0 saturated carbocycles. The van der Waals surface area contributed by atoms with Gasteiger partial charge >= 0.3 is 0 Å². The third kappa shape index (κ3) is 5.39. The molecule has 0 bridgehead atoms. The fourth-order valence-corrected chi connectivity index (χ4v) is 3.50. The number of benzene rings is 1. The number of carbonyl (C=O) groups is 2. The summed E-state index contributed by atoms with van der Waals surface area (Å²) >= 11 is 0. The Hall–Kier alpha value is -2.70. The Bertz CT molecular complexity index is 791. The number of piperidine rings is 1. The molecule has 7 heteroatoms. The zero-order valence-corrected chi connectivity index (χ0v) is 15.5. The number of anilines is 1. The van der Waals surface area contributed by atoms with Crippen LogP contribution >= 0.6 is 0 Å². The van der Waals surface area contributed by atoms with E-state index < -0.39 is 0 Å². The Kier molecular flexibility index (Phi) is 6.21. The van der Waals surface area contributed by atoms with Crippen molar-refractivity contribution in [1.82, 2.24) is 14.9 Å². The summed E-state index contributed by atoms with van der Waals surface area (Å²) in [5.41, 5.74) is 2.16. The summed E-state index contributed by atoms with van der Waals surface area (Å²) < 4.78 is 13.1. The quantitative estimate of drug-likeness (QED) is 0.818. The number of hydrogen-bond donors (Lipinski definition) is 2. The first kappa shape index (κ1) is 19.1. The van der Waals surface area contributed by atoms with E-state index in [-0.39, 0.29) is 17.6 Å². The number of rotatable bonds is 6.